The largest absolute Gasteiger partial charge is 0.365 e. The number of nitrogens with one attached hydrogen (secondary N) is 1. The van der Waals surface area contributed by atoms with Crippen LogP contribution in [-0.4, -0.2) is 34.9 Å². The number of aryl methyl sites for hydroxylation is 1. The van der Waals surface area contributed by atoms with Crippen LogP contribution in [0.3, 0.4) is 0 Å². The number of hydrogen-bond acceptors (Lipinski definition) is 2. The number of rotatable bonds is 2. The van der Waals surface area contributed by atoms with E-state index in [-0.39, 0.29) is 11.9 Å². The summed E-state index contributed by atoms with van der Waals surface area (Å²) in [6.07, 6.45) is 4.26. The molecule has 4 nitrogen and oxygen atoms in total. The van der Waals surface area contributed by atoms with Crippen molar-refractivity contribution in [3.05, 3.63) is 23.5 Å². The molecule has 0 atom stereocenters. The standard InChI is InChI=1S/C12H19N3O/c1-9-6-10(8-14-9)7-12(16)15-4-2-11(13)3-5-15/h6,8,11,14H,2-5,7,13H2,1H3. The highest BCUT2D eigenvalue weighted by atomic mass is 16.2. The van der Waals surface area contributed by atoms with E-state index in [0.29, 0.717) is 6.42 Å². The summed E-state index contributed by atoms with van der Waals surface area (Å²) in [6, 6.07) is 2.30. The first-order valence-corrected chi connectivity index (χ1v) is 5.82. The number of likely N-dealkylation sites (tertiary alicyclic amines) is 1. The minimum absolute atomic E-state index is 0.214. The van der Waals surface area contributed by atoms with Crippen LogP contribution in [0.1, 0.15) is 24.1 Å². The maximum absolute atomic E-state index is 12.0. The maximum Gasteiger partial charge on any atom is 0.227 e. The van der Waals surface area contributed by atoms with Crippen LogP contribution in [-0.2, 0) is 11.2 Å². The van der Waals surface area contributed by atoms with E-state index in [1.165, 1.54) is 0 Å². The van der Waals surface area contributed by atoms with Crippen molar-refractivity contribution in [2.45, 2.75) is 32.2 Å². The minimum Gasteiger partial charge on any atom is -0.365 e. The molecule has 0 radical (unpaired) electrons. The second-order valence-corrected chi connectivity index (χ2v) is 4.59. The molecule has 16 heavy (non-hydrogen) atoms. The lowest BCUT2D eigenvalue weighted by molar-refractivity contribution is -0.131. The summed E-state index contributed by atoms with van der Waals surface area (Å²) in [4.78, 5) is 17.0. The molecule has 4 heteroatoms. The van der Waals surface area contributed by atoms with E-state index < -0.39 is 0 Å². The second kappa shape index (κ2) is 4.70. The quantitative estimate of drug-likeness (QED) is 0.776. The van der Waals surface area contributed by atoms with Crippen molar-refractivity contribution in [2.24, 2.45) is 5.73 Å². The van der Waals surface area contributed by atoms with Crippen LogP contribution < -0.4 is 5.73 Å². The molecule has 2 heterocycles. The van der Waals surface area contributed by atoms with Gasteiger partial charge in [0.05, 0.1) is 6.42 Å². The number of aromatic nitrogens is 1. The van der Waals surface area contributed by atoms with Gasteiger partial charge in [0.15, 0.2) is 0 Å². The molecular weight excluding hydrogens is 202 g/mol. The van der Waals surface area contributed by atoms with Crippen LogP contribution in [0.15, 0.2) is 12.3 Å². The average Bonchev–Trinajstić information content (AvgIpc) is 2.65. The van der Waals surface area contributed by atoms with Gasteiger partial charge in [-0.3, -0.25) is 4.79 Å². The molecule has 1 aromatic heterocycles. The van der Waals surface area contributed by atoms with Gasteiger partial charge in [-0.2, -0.15) is 0 Å². The van der Waals surface area contributed by atoms with E-state index >= 15 is 0 Å². The molecule has 88 valence electrons. The minimum atomic E-state index is 0.214. The lowest BCUT2D eigenvalue weighted by atomic mass is 10.1. The molecule has 1 aromatic rings. The molecule has 3 N–H and O–H groups in total. The van der Waals surface area contributed by atoms with E-state index in [2.05, 4.69) is 4.98 Å². The molecule has 0 bridgehead atoms. The molecule has 1 aliphatic heterocycles. The normalized spacial score (nSPS) is 17.8. The number of piperidine rings is 1. The summed E-state index contributed by atoms with van der Waals surface area (Å²) in [5.74, 6) is 0.214. The third kappa shape index (κ3) is 2.64. The Bertz CT molecular complexity index is 364. The van der Waals surface area contributed by atoms with E-state index in [4.69, 9.17) is 5.73 Å². The van der Waals surface area contributed by atoms with E-state index in [1.807, 2.05) is 24.1 Å². The van der Waals surface area contributed by atoms with Gasteiger partial charge >= 0.3 is 0 Å². The van der Waals surface area contributed by atoms with Gasteiger partial charge in [-0.05, 0) is 31.4 Å². The number of carbonyl (C=O) groups is 1. The van der Waals surface area contributed by atoms with Gasteiger partial charge in [-0.15, -0.1) is 0 Å². The molecule has 1 saturated heterocycles. The summed E-state index contributed by atoms with van der Waals surface area (Å²) in [6.45, 7) is 3.61. The molecular formula is C12H19N3O. The number of nitrogens with zero attached hydrogens (tertiary/aromatic N) is 1. The Balaban J connectivity index is 1.88. The van der Waals surface area contributed by atoms with E-state index in [0.717, 1.165) is 37.2 Å². The van der Waals surface area contributed by atoms with Crippen LogP contribution in [0.25, 0.3) is 0 Å². The Morgan fingerprint density at radius 2 is 2.25 bits per heavy atom. The Morgan fingerprint density at radius 1 is 1.56 bits per heavy atom. The first kappa shape index (κ1) is 11.2. The summed E-state index contributed by atoms with van der Waals surface area (Å²) in [5, 5.41) is 0. The molecule has 0 spiro atoms. The molecule has 0 aliphatic carbocycles. The molecule has 0 unspecified atom stereocenters. The maximum atomic E-state index is 12.0. The third-order valence-corrected chi connectivity index (χ3v) is 3.13. The number of aromatic amines is 1. The smallest absolute Gasteiger partial charge is 0.227 e. The van der Waals surface area contributed by atoms with Gasteiger partial charge in [0.25, 0.3) is 0 Å². The number of carbonyl (C=O) groups excluding carboxylic acids is 1. The highest BCUT2D eigenvalue weighted by molar-refractivity contribution is 5.78. The summed E-state index contributed by atoms with van der Waals surface area (Å²) in [5.41, 5.74) is 7.98. The fourth-order valence-corrected chi connectivity index (χ4v) is 2.11. The first-order chi connectivity index (χ1) is 7.65. The molecule has 0 aromatic carbocycles. The predicted octanol–water partition coefficient (Wildman–Crippen LogP) is 0.815. The predicted molar refractivity (Wildman–Crippen MR) is 63.0 cm³/mol. The number of H-pyrrole nitrogens is 1. The summed E-state index contributed by atoms with van der Waals surface area (Å²) in [7, 11) is 0. The van der Waals surface area contributed by atoms with Crippen LogP contribution in [0.5, 0.6) is 0 Å². The Morgan fingerprint density at radius 3 is 2.81 bits per heavy atom. The summed E-state index contributed by atoms with van der Waals surface area (Å²) < 4.78 is 0. The van der Waals surface area contributed by atoms with Gasteiger partial charge in [0.2, 0.25) is 5.91 Å². The zero-order valence-corrected chi connectivity index (χ0v) is 9.70. The van der Waals surface area contributed by atoms with Gasteiger partial charge in [-0.1, -0.05) is 0 Å². The monoisotopic (exact) mass is 221 g/mol. The second-order valence-electron chi connectivity index (χ2n) is 4.59. The van der Waals surface area contributed by atoms with Crippen molar-refractivity contribution in [2.75, 3.05) is 13.1 Å². The number of hydrogen-bond donors (Lipinski definition) is 2. The molecule has 1 amide bonds. The zero-order valence-electron chi connectivity index (χ0n) is 9.70. The molecule has 1 aliphatic rings. The molecule has 0 saturated carbocycles. The molecule has 1 fully saturated rings. The van der Waals surface area contributed by atoms with Crippen molar-refractivity contribution in [3.63, 3.8) is 0 Å². The van der Waals surface area contributed by atoms with Crippen molar-refractivity contribution >= 4 is 5.91 Å². The van der Waals surface area contributed by atoms with E-state index in [1.54, 1.807) is 0 Å². The summed E-state index contributed by atoms with van der Waals surface area (Å²) >= 11 is 0. The zero-order chi connectivity index (χ0) is 11.5. The fraction of sp³-hybridized carbons (Fsp3) is 0.583. The van der Waals surface area contributed by atoms with Crippen molar-refractivity contribution in [1.29, 1.82) is 0 Å². The van der Waals surface area contributed by atoms with Crippen molar-refractivity contribution in [3.8, 4) is 0 Å². The Hall–Kier alpha value is -1.29. The lowest BCUT2D eigenvalue weighted by Crippen LogP contribution is -2.43. The Kier molecular flexibility index (Phi) is 3.29. The number of nitrogens with two attached hydrogens (primary N) is 1. The SMILES string of the molecule is Cc1cc(CC(=O)N2CCC(N)CC2)c[nH]1. The van der Waals surface area contributed by atoms with Gasteiger partial charge in [0, 0.05) is 31.0 Å². The topological polar surface area (TPSA) is 62.1 Å². The van der Waals surface area contributed by atoms with Gasteiger partial charge in [0.1, 0.15) is 0 Å². The van der Waals surface area contributed by atoms with Crippen LogP contribution >= 0.6 is 0 Å². The van der Waals surface area contributed by atoms with Crippen molar-refractivity contribution in [1.82, 2.24) is 9.88 Å². The van der Waals surface area contributed by atoms with Crippen molar-refractivity contribution < 1.29 is 4.79 Å². The average molecular weight is 221 g/mol. The highest BCUT2D eigenvalue weighted by Crippen LogP contribution is 2.11. The van der Waals surface area contributed by atoms with Gasteiger partial charge < -0.3 is 15.6 Å². The third-order valence-electron chi connectivity index (χ3n) is 3.13. The fourth-order valence-electron chi connectivity index (χ4n) is 2.11. The number of amides is 1. The lowest BCUT2D eigenvalue weighted by Gasteiger charge is -2.30. The molecule has 2 rings (SSSR count). The highest BCUT2D eigenvalue weighted by Gasteiger charge is 2.20. The van der Waals surface area contributed by atoms with Crippen LogP contribution in [0.2, 0.25) is 0 Å². The van der Waals surface area contributed by atoms with E-state index in [9.17, 15) is 4.79 Å². The van der Waals surface area contributed by atoms with Crippen LogP contribution in [0.4, 0.5) is 0 Å². The van der Waals surface area contributed by atoms with Crippen LogP contribution in [0, 0.1) is 6.92 Å². The first-order valence-electron chi connectivity index (χ1n) is 5.82. The Labute approximate surface area is 95.8 Å². The van der Waals surface area contributed by atoms with Gasteiger partial charge in [-0.25, -0.2) is 0 Å².